The topological polar surface area (TPSA) is 44.8 Å². The first-order valence-electron chi connectivity index (χ1n) is 4.13. The predicted molar refractivity (Wildman–Crippen MR) is 56.5 cm³/mol. The van der Waals surface area contributed by atoms with Gasteiger partial charge in [0, 0.05) is 5.56 Å². The van der Waals surface area contributed by atoms with Crippen LogP contribution in [-0.2, 0) is 0 Å². The van der Waals surface area contributed by atoms with Crippen molar-refractivity contribution in [1.82, 2.24) is 0 Å². The fourth-order valence-corrected chi connectivity index (χ4v) is 1.49. The fraction of sp³-hybridized carbons (Fsp3) is 0.300. The lowest BCUT2D eigenvalue weighted by molar-refractivity contribution is 0.112. The summed E-state index contributed by atoms with van der Waals surface area (Å²) in [7, 11) is 4.38. The van der Waals surface area contributed by atoms with E-state index in [2.05, 4.69) is 0 Å². The lowest BCUT2D eigenvalue weighted by Gasteiger charge is -2.14. The summed E-state index contributed by atoms with van der Waals surface area (Å²) in [6.07, 6.45) is 0.632. The highest BCUT2D eigenvalue weighted by molar-refractivity contribution is 6.34. The Morgan fingerprint density at radius 1 is 1.13 bits per heavy atom. The molecule has 15 heavy (non-hydrogen) atoms. The molecular formula is C10H11ClO4. The summed E-state index contributed by atoms with van der Waals surface area (Å²) < 4.78 is 15.2. The molecule has 1 rings (SSSR count). The molecule has 1 aromatic rings. The Balaban J connectivity index is 3.49. The van der Waals surface area contributed by atoms with E-state index in [0.717, 1.165) is 0 Å². The van der Waals surface area contributed by atoms with E-state index in [1.54, 1.807) is 0 Å². The van der Waals surface area contributed by atoms with Crippen LogP contribution in [0.2, 0.25) is 5.02 Å². The maximum Gasteiger partial charge on any atom is 0.204 e. The second-order valence-corrected chi connectivity index (χ2v) is 3.04. The minimum atomic E-state index is 0.213. The molecule has 0 saturated heterocycles. The summed E-state index contributed by atoms with van der Waals surface area (Å²) >= 11 is 5.93. The number of benzene rings is 1. The SMILES string of the molecule is COc1cc(C=O)c(Cl)c(OC)c1OC. The van der Waals surface area contributed by atoms with Crippen LogP contribution in [0.25, 0.3) is 0 Å². The Kier molecular flexibility index (Phi) is 3.80. The summed E-state index contributed by atoms with van der Waals surface area (Å²) in [5.41, 5.74) is 0.297. The van der Waals surface area contributed by atoms with Gasteiger partial charge in [0.2, 0.25) is 5.75 Å². The van der Waals surface area contributed by atoms with Crippen LogP contribution < -0.4 is 14.2 Å². The molecule has 0 aromatic heterocycles. The van der Waals surface area contributed by atoms with E-state index in [1.165, 1.54) is 27.4 Å². The van der Waals surface area contributed by atoms with Crippen molar-refractivity contribution >= 4 is 17.9 Å². The Morgan fingerprint density at radius 3 is 2.13 bits per heavy atom. The number of carbonyl (C=O) groups is 1. The van der Waals surface area contributed by atoms with Crippen LogP contribution in [0.15, 0.2) is 6.07 Å². The van der Waals surface area contributed by atoms with Gasteiger partial charge in [-0.05, 0) is 6.07 Å². The first kappa shape index (κ1) is 11.7. The Labute approximate surface area is 92.7 Å². The van der Waals surface area contributed by atoms with Crippen LogP contribution >= 0.6 is 11.6 Å². The molecule has 0 atom stereocenters. The highest BCUT2D eigenvalue weighted by Crippen LogP contribution is 2.43. The number of halogens is 1. The molecule has 0 unspecified atom stereocenters. The van der Waals surface area contributed by atoms with Gasteiger partial charge < -0.3 is 14.2 Å². The van der Waals surface area contributed by atoms with Gasteiger partial charge in [0.25, 0.3) is 0 Å². The molecule has 0 N–H and O–H groups in total. The van der Waals surface area contributed by atoms with Crippen LogP contribution in [0.5, 0.6) is 17.2 Å². The van der Waals surface area contributed by atoms with Crippen molar-refractivity contribution in [1.29, 1.82) is 0 Å². The van der Waals surface area contributed by atoms with Crippen LogP contribution in [0.4, 0.5) is 0 Å². The first-order valence-corrected chi connectivity index (χ1v) is 4.51. The number of methoxy groups -OCH3 is 3. The molecular weight excluding hydrogens is 220 g/mol. The van der Waals surface area contributed by atoms with Crippen molar-refractivity contribution in [3.8, 4) is 17.2 Å². The predicted octanol–water partition coefficient (Wildman–Crippen LogP) is 2.18. The average Bonchev–Trinajstić information content (AvgIpc) is 2.28. The number of rotatable bonds is 4. The van der Waals surface area contributed by atoms with E-state index in [0.29, 0.717) is 29.1 Å². The molecule has 0 aliphatic heterocycles. The molecule has 0 spiro atoms. The Bertz CT molecular complexity index is 376. The van der Waals surface area contributed by atoms with Crippen LogP contribution in [0, 0.1) is 0 Å². The number of ether oxygens (including phenoxy) is 3. The van der Waals surface area contributed by atoms with Gasteiger partial charge in [-0.1, -0.05) is 11.6 Å². The molecule has 0 bridgehead atoms. The molecule has 0 aliphatic carbocycles. The molecule has 4 nitrogen and oxygen atoms in total. The Morgan fingerprint density at radius 2 is 1.73 bits per heavy atom. The molecule has 0 amide bonds. The van der Waals surface area contributed by atoms with E-state index in [4.69, 9.17) is 25.8 Å². The van der Waals surface area contributed by atoms with Crippen molar-refractivity contribution in [2.24, 2.45) is 0 Å². The van der Waals surface area contributed by atoms with E-state index in [-0.39, 0.29) is 5.02 Å². The minimum absolute atomic E-state index is 0.213. The number of aldehydes is 1. The van der Waals surface area contributed by atoms with E-state index in [1.807, 2.05) is 0 Å². The average molecular weight is 231 g/mol. The van der Waals surface area contributed by atoms with E-state index >= 15 is 0 Å². The van der Waals surface area contributed by atoms with Crippen molar-refractivity contribution < 1.29 is 19.0 Å². The molecule has 0 radical (unpaired) electrons. The summed E-state index contributed by atoms with van der Waals surface area (Å²) in [6, 6.07) is 1.50. The minimum Gasteiger partial charge on any atom is -0.493 e. The summed E-state index contributed by atoms with van der Waals surface area (Å²) in [5, 5.41) is 0.213. The van der Waals surface area contributed by atoms with Gasteiger partial charge in [0.1, 0.15) is 0 Å². The highest BCUT2D eigenvalue weighted by atomic mass is 35.5. The zero-order chi connectivity index (χ0) is 11.4. The van der Waals surface area contributed by atoms with Gasteiger partial charge in [-0.2, -0.15) is 0 Å². The lowest BCUT2D eigenvalue weighted by Crippen LogP contribution is -1.98. The van der Waals surface area contributed by atoms with Crippen molar-refractivity contribution in [3.05, 3.63) is 16.7 Å². The third-order valence-electron chi connectivity index (χ3n) is 1.92. The summed E-state index contributed by atoms with van der Waals surface area (Å²) in [4.78, 5) is 10.7. The van der Waals surface area contributed by atoms with Crippen LogP contribution in [-0.4, -0.2) is 27.6 Å². The van der Waals surface area contributed by atoms with Crippen molar-refractivity contribution in [2.75, 3.05) is 21.3 Å². The molecule has 0 fully saturated rings. The maximum atomic E-state index is 10.7. The molecule has 1 aromatic carbocycles. The molecule has 0 saturated carbocycles. The third kappa shape index (κ3) is 1.99. The standard InChI is InChI=1S/C10H11ClO4/c1-13-7-4-6(5-12)8(11)10(15-3)9(7)14-2/h4-5H,1-3H3. The van der Waals surface area contributed by atoms with Crippen LogP contribution in [0.1, 0.15) is 10.4 Å². The molecule has 0 aliphatic rings. The fourth-order valence-electron chi connectivity index (χ4n) is 1.23. The zero-order valence-electron chi connectivity index (χ0n) is 8.67. The third-order valence-corrected chi connectivity index (χ3v) is 2.31. The maximum absolute atomic E-state index is 10.7. The van der Waals surface area contributed by atoms with Gasteiger partial charge in [-0.3, -0.25) is 4.79 Å². The van der Waals surface area contributed by atoms with Gasteiger partial charge >= 0.3 is 0 Å². The molecule has 5 heteroatoms. The zero-order valence-corrected chi connectivity index (χ0v) is 9.42. The molecule has 82 valence electrons. The second kappa shape index (κ2) is 4.89. The highest BCUT2D eigenvalue weighted by Gasteiger charge is 2.18. The largest absolute Gasteiger partial charge is 0.493 e. The first-order chi connectivity index (χ1) is 7.19. The van der Waals surface area contributed by atoms with Crippen LogP contribution in [0.3, 0.4) is 0 Å². The van der Waals surface area contributed by atoms with Crippen molar-refractivity contribution in [2.45, 2.75) is 0 Å². The van der Waals surface area contributed by atoms with Gasteiger partial charge in [-0.25, -0.2) is 0 Å². The monoisotopic (exact) mass is 230 g/mol. The quantitative estimate of drug-likeness (QED) is 0.744. The van der Waals surface area contributed by atoms with Crippen molar-refractivity contribution in [3.63, 3.8) is 0 Å². The number of hydrogen-bond donors (Lipinski definition) is 0. The van der Waals surface area contributed by atoms with Gasteiger partial charge in [-0.15, -0.1) is 0 Å². The summed E-state index contributed by atoms with van der Waals surface area (Å²) in [6.45, 7) is 0. The molecule has 0 heterocycles. The summed E-state index contributed by atoms with van der Waals surface area (Å²) in [5.74, 6) is 1.07. The van der Waals surface area contributed by atoms with Gasteiger partial charge in [0.05, 0.1) is 26.4 Å². The number of carbonyl (C=O) groups excluding carboxylic acids is 1. The Hall–Kier alpha value is -1.42. The normalized spacial score (nSPS) is 9.60. The second-order valence-electron chi connectivity index (χ2n) is 2.67. The van der Waals surface area contributed by atoms with E-state index < -0.39 is 0 Å². The smallest absolute Gasteiger partial charge is 0.204 e. The van der Waals surface area contributed by atoms with E-state index in [9.17, 15) is 4.79 Å². The van der Waals surface area contributed by atoms with Gasteiger partial charge in [0.15, 0.2) is 17.8 Å². The number of hydrogen-bond acceptors (Lipinski definition) is 4. The lowest BCUT2D eigenvalue weighted by atomic mass is 10.2.